The van der Waals surface area contributed by atoms with E-state index in [1.165, 1.54) is 0 Å². The van der Waals surface area contributed by atoms with Crippen LogP contribution in [-0.4, -0.2) is 17.3 Å². The van der Waals surface area contributed by atoms with Crippen LogP contribution in [0.4, 0.5) is 0 Å². The van der Waals surface area contributed by atoms with E-state index in [1.54, 1.807) is 7.11 Å². The number of nitrogens with zero attached hydrogens (tertiary/aromatic N) is 2. The molecule has 1 aromatic carbocycles. The third-order valence-electron chi connectivity index (χ3n) is 3.04. The number of rotatable bonds is 4. The highest BCUT2D eigenvalue weighted by Crippen LogP contribution is 2.29. The van der Waals surface area contributed by atoms with Gasteiger partial charge in [0.15, 0.2) is 0 Å². The Kier molecular flexibility index (Phi) is 3.85. The first-order valence-corrected chi connectivity index (χ1v) is 6.27. The number of aromatic nitrogens is 2. The van der Waals surface area contributed by atoms with Crippen LogP contribution in [0, 0.1) is 12.8 Å². The zero-order valence-electron chi connectivity index (χ0n) is 11.7. The first-order valence-electron chi connectivity index (χ1n) is 6.27. The third kappa shape index (κ3) is 2.76. The molecule has 1 aromatic heterocycles. The van der Waals surface area contributed by atoms with E-state index in [2.05, 4.69) is 10.1 Å². The van der Waals surface area contributed by atoms with Gasteiger partial charge in [0.1, 0.15) is 5.75 Å². The van der Waals surface area contributed by atoms with E-state index in [0.29, 0.717) is 11.7 Å². The molecule has 1 atom stereocenters. The van der Waals surface area contributed by atoms with Crippen molar-refractivity contribution in [3.63, 3.8) is 0 Å². The molecular weight excluding hydrogens is 242 g/mol. The molecular formula is C14H19N3O2. The maximum absolute atomic E-state index is 6.00. The number of nitrogens with two attached hydrogens (primary N) is 1. The number of hydrogen-bond acceptors (Lipinski definition) is 5. The van der Waals surface area contributed by atoms with Gasteiger partial charge >= 0.3 is 0 Å². The van der Waals surface area contributed by atoms with Gasteiger partial charge in [0.25, 0.3) is 0 Å². The monoisotopic (exact) mass is 261 g/mol. The fraction of sp³-hybridized carbons (Fsp3) is 0.429. The average molecular weight is 261 g/mol. The van der Waals surface area contributed by atoms with E-state index in [4.69, 9.17) is 15.0 Å². The molecule has 1 heterocycles. The van der Waals surface area contributed by atoms with Gasteiger partial charge in [0, 0.05) is 0 Å². The van der Waals surface area contributed by atoms with Gasteiger partial charge in [-0.2, -0.15) is 4.98 Å². The van der Waals surface area contributed by atoms with Crippen LogP contribution < -0.4 is 10.5 Å². The highest BCUT2D eigenvalue weighted by molar-refractivity contribution is 5.64. The Morgan fingerprint density at radius 2 is 2.05 bits per heavy atom. The summed E-state index contributed by atoms with van der Waals surface area (Å²) in [6, 6.07) is 5.58. The van der Waals surface area contributed by atoms with E-state index >= 15 is 0 Å². The van der Waals surface area contributed by atoms with Crippen LogP contribution in [0.15, 0.2) is 22.7 Å². The number of ether oxygens (including phenoxy) is 1. The minimum absolute atomic E-state index is 0.243. The lowest BCUT2D eigenvalue weighted by atomic mass is 10.1. The molecule has 0 spiro atoms. The maximum atomic E-state index is 6.00. The van der Waals surface area contributed by atoms with Gasteiger partial charge in [-0.3, -0.25) is 0 Å². The highest BCUT2D eigenvalue weighted by Gasteiger charge is 2.20. The molecule has 2 aromatic rings. The van der Waals surface area contributed by atoms with Crippen molar-refractivity contribution in [1.29, 1.82) is 0 Å². The minimum atomic E-state index is -0.253. The second-order valence-electron chi connectivity index (χ2n) is 4.93. The van der Waals surface area contributed by atoms with Gasteiger partial charge in [-0.25, -0.2) is 0 Å². The normalized spacial score (nSPS) is 12.7. The lowest BCUT2D eigenvalue weighted by molar-refractivity contribution is 0.325. The van der Waals surface area contributed by atoms with Crippen LogP contribution in [0.3, 0.4) is 0 Å². The summed E-state index contributed by atoms with van der Waals surface area (Å²) < 4.78 is 10.6. The van der Waals surface area contributed by atoms with E-state index < -0.39 is 0 Å². The molecule has 0 aliphatic carbocycles. The summed E-state index contributed by atoms with van der Waals surface area (Å²) in [5.41, 5.74) is 7.92. The van der Waals surface area contributed by atoms with Gasteiger partial charge < -0.3 is 15.0 Å². The zero-order chi connectivity index (χ0) is 14.0. The van der Waals surface area contributed by atoms with Gasteiger partial charge in [0.05, 0.1) is 18.7 Å². The summed E-state index contributed by atoms with van der Waals surface area (Å²) in [6.07, 6.45) is 0. The van der Waals surface area contributed by atoms with Crippen molar-refractivity contribution in [2.75, 3.05) is 7.11 Å². The van der Waals surface area contributed by atoms with E-state index in [1.807, 2.05) is 39.0 Å². The number of hydrogen-bond donors (Lipinski definition) is 1. The van der Waals surface area contributed by atoms with Crippen LogP contribution >= 0.6 is 0 Å². The number of benzene rings is 1. The topological polar surface area (TPSA) is 74.2 Å². The summed E-state index contributed by atoms with van der Waals surface area (Å²) in [5.74, 6) is 1.92. The molecule has 5 heteroatoms. The van der Waals surface area contributed by atoms with Crippen molar-refractivity contribution in [2.45, 2.75) is 26.8 Å². The number of aryl methyl sites for hydroxylation is 1. The third-order valence-corrected chi connectivity index (χ3v) is 3.04. The standard InChI is InChI=1S/C14H19N3O2/c1-8(2)12(15)14-16-13(17-19-14)10-7-9(3)5-6-11(10)18-4/h5-8,12H,15H2,1-4H3/t12-/m0/s1. The Balaban J connectivity index is 2.40. The molecule has 5 nitrogen and oxygen atoms in total. The van der Waals surface area contributed by atoms with Crippen LogP contribution in [-0.2, 0) is 0 Å². The van der Waals surface area contributed by atoms with E-state index in [0.717, 1.165) is 16.9 Å². The molecule has 102 valence electrons. The lowest BCUT2D eigenvalue weighted by Gasteiger charge is -2.09. The summed E-state index contributed by atoms with van der Waals surface area (Å²) >= 11 is 0. The van der Waals surface area contributed by atoms with Crippen molar-refractivity contribution in [3.8, 4) is 17.1 Å². The predicted octanol–water partition coefficient (Wildman–Crippen LogP) is 2.71. The zero-order valence-corrected chi connectivity index (χ0v) is 11.7. The van der Waals surface area contributed by atoms with Gasteiger partial charge in [-0.15, -0.1) is 0 Å². The van der Waals surface area contributed by atoms with Crippen LogP contribution in [0.5, 0.6) is 5.75 Å². The second-order valence-corrected chi connectivity index (χ2v) is 4.93. The Hall–Kier alpha value is -1.88. The Morgan fingerprint density at radius 3 is 2.68 bits per heavy atom. The molecule has 0 fully saturated rings. The Morgan fingerprint density at radius 1 is 1.32 bits per heavy atom. The SMILES string of the molecule is COc1ccc(C)cc1-c1noc([C@@H](N)C(C)C)n1. The van der Waals surface area contributed by atoms with Crippen molar-refractivity contribution in [2.24, 2.45) is 11.7 Å². The summed E-state index contributed by atoms with van der Waals surface area (Å²) in [4.78, 5) is 4.37. The van der Waals surface area contributed by atoms with Crippen LogP contribution in [0.25, 0.3) is 11.4 Å². The molecule has 0 amide bonds. The van der Waals surface area contributed by atoms with Crippen molar-refractivity contribution in [1.82, 2.24) is 10.1 Å². The molecule has 0 bridgehead atoms. The summed E-state index contributed by atoms with van der Waals surface area (Å²) in [6.45, 7) is 6.04. The smallest absolute Gasteiger partial charge is 0.244 e. The van der Waals surface area contributed by atoms with Crippen molar-refractivity contribution < 1.29 is 9.26 Å². The van der Waals surface area contributed by atoms with Gasteiger partial charge in [-0.1, -0.05) is 30.6 Å². The molecule has 2 N–H and O–H groups in total. The highest BCUT2D eigenvalue weighted by atomic mass is 16.5. The predicted molar refractivity (Wildman–Crippen MR) is 72.8 cm³/mol. The first kappa shape index (κ1) is 13.5. The molecule has 0 aliphatic heterocycles. The molecule has 0 unspecified atom stereocenters. The van der Waals surface area contributed by atoms with Gasteiger partial charge in [-0.05, 0) is 25.0 Å². The van der Waals surface area contributed by atoms with Gasteiger partial charge in [0.2, 0.25) is 11.7 Å². The van der Waals surface area contributed by atoms with Crippen molar-refractivity contribution >= 4 is 0 Å². The fourth-order valence-electron chi connectivity index (χ4n) is 1.76. The lowest BCUT2D eigenvalue weighted by Crippen LogP contribution is -2.16. The second kappa shape index (κ2) is 5.40. The van der Waals surface area contributed by atoms with E-state index in [-0.39, 0.29) is 12.0 Å². The van der Waals surface area contributed by atoms with Crippen LogP contribution in [0.2, 0.25) is 0 Å². The van der Waals surface area contributed by atoms with E-state index in [9.17, 15) is 0 Å². The Bertz CT molecular complexity index is 564. The molecule has 0 saturated heterocycles. The molecule has 0 aliphatic rings. The largest absolute Gasteiger partial charge is 0.496 e. The molecule has 0 radical (unpaired) electrons. The molecule has 0 saturated carbocycles. The average Bonchev–Trinajstić information content (AvgIpc) is 2.87. The van der Waals surface area contributed by atoms with Crippen LogP contribution in [0.1, 0.15) is 31.3 Å². The fourth-order valence-corrected chi connectivity index (χ4v) is 1.76. The quantitative estimate of drug-likeness (QED) is 0.915. The minimum Gasteiger partial charge on any atom is -0.496 e. The molecule has 19 heavy (non-hydrogen) atoms. The maximum Gasteiger partial charge on any atom is 0.244 e. The molecule has 2 rings (SSSR count). The number of methoxy groups -OCH3 is 1. The van der Waals surface area contributed by atoms with Crippen molar-refractivity contribution in [3.05, 3.63) is 29.7 Å². The summed E-state index contributed by atoms with van der Waals surface area (Å²) in [7, 11) is 1.62. The summed E-state index contributed by atoms with van der Waals surface area (Å²) in [5, 5.41) is 3.99. The first-order chi connectivity index (χ1) is 9.02. The Labute approximate surface area is 112 Å².